The Hall–Kier alpha value is -2.18. The van der Waals surface area contributed by atoms with Gasteiger partial charge in [-0.15, -0.1) is 0 Å². The molecule has 1 aromatic carbocycles. The summed E-state index contributed by atoms with van der Waals surface area (Å²) in [5.41, 5.74) is 3.17. The maximum Gasteiger partial charge on any atom is 0.494 e. The summed E-state index contributed by atoms with van der Waals surface area (Å²) in [6.45, 7) is 8.25. The van der Waals surface area contributed by atoms with Crippen LogP contribution in [0, 0.1) is 0 Å². The zero-order valence-electron chi connectivity index (χ0n) is 14.4. The Labute approximate surface area is 141 Å². The topological polar surface area (TPSA) is 48.7 Å². The van der Waals surface area contributed by atoms with Crippen molar-refractivity contribution in [3.63, 3.8) is 0 Å². The van der Waals surface area contributed by atoms with Crippen molar-refractivity contribution in [2.24, 2.45) is 0 Å². The number of hydrogen-bond acceptors (Lipinski definition) is 4. The van der Waals surface area contributed by atoms with Gasteiger partial charge < -0.3 is 9.31 Å². The molecule has 4 rings (SSSR count). The Morgan fingerprint density at radius 3 is 2.25 bits per heavy atom. The van der Waals surface area contributed by atoms with Crippen LogP contribution in [0.1, 0.15) is 27.7 Å². The number of aromatic nitrogens is 3. The lowest BCUT2D eigenvalue weighted by Gasteiger charge is -2.32. The molecule has 1 aliphatic heterocycles. The molecule has 0 saturated carbocycles. The van der Waals surface area contributed by atoms with Crippen molar-refractivity contribution in [2.75, 3.05) is 0 Å². The molecule has 1 aliphatic rings. The van der Waals surface area contributed by atoms with E-state index in [9.17, 15) is 0 Å². The molecule has 122 valence electrons. The largest absolute Gasteiger partial charge is 0.494 e. The summed E-state index contributed by atoms with van der Waals surface area (Å²) in [5.74, 6) is 0. The molecule has 0 unspecified atom stereocenters. The molecule has 0 atom stereocenters. The molecular weight excluding hydrogens is 301 g/mol. The van der Waals surface area contributed by atoms with E-state index in [-0.39, 0.29) is 18.3 Å². The highest BCUT2D eigenvalue weighted by Crippen LogP contribution is 2.36. The van der Waals surface area contributed by atoms with Gasteiger partial charge in [-0.25, -0.2) is 9.50 Å². The fraction of sp³-hybridized carbons (Fsp3) is 0.333. The smallest absolute Gasteiger partial charge is 0.399 e. The van der Waals surface area contributed by atoms with Crippen molar-refractivity contribution < 1.29 is 9.31 Å². The highest BCUT2D eigenvalue weighted by atomic mass is 16.7. The Balaban J connectivity index is 1.61. The van der Waals surface area contributed by atoms with E-state index in [0.717, 1.165) is 22.4 Å². The summed E-state index contributed by atoms with van der Waals surface area (Å²) >= 11 is 0. The first-order valence-electron chi connectivity index (χ1n) is 8.12. The molecule has 1 saturated heterocycles. The number of rotatable bonds is 2. The van der Waals surface area contributed by atoms with Crippen molar-refractivity contribution in [1.29, 1.82) is 0 Å². The first kappa shape index (κ1) is 15.4. The van der Waals surface area contributed by atoms with E-state index in [1.807, 2.05) is 30.5 Å². The van der Waals surface area contributed by atoms with E-state index in [0.29, 0.717) is 0 Å². The van der Waals surface area contributed by atoms with Crippen LogP contribution in [0.3, 0.4) is 0 Å². The lowest BCUT2D eigenvalue weighted by molar-refractivity contribution is 0.00578. The third kappa shape index (κ3) is 2.42. The van der Waals surface area contributed by atoms with Gasteiger partial charge in [0.25, 0.3) is 0 Å². The molecule has 0 aliphatic carbocycles. The van der Waals surface area contributed by atoms with E-state index >= 15 is 0 Å². The van der Waals surface area contributed by atoms with Gasteiger partial charge in [-0.1, -0.05) is 24.3 Å². The molecule has 1 fully saturated rings. The van der Waals surface area contributed by atoms with Gasteiger partial charge in [0.15, 0.2) is 5.65 Å². The molecule has 5 nitrogen and oxygen atoms in total. The second-order valence-electron chi connectivity index (χ2n) is 7.16. The minimum atomic E-state index is -0.339. The molecule has 0 spiro atoms. The van der Waals surface area contributed by atoms with E-state index in [1.54, 1.807) is 10.7 Å². The Bertz CT molecular complexity index is 871. The highest BCUT2D eigenvalue weighted by Gasteiger charge is 2.51. The molecular formula is C18H20BN3O2. The monoisotopic (exact) mass is 321 g/mol. The van der Waals surface area contributed by atoms with E-state index < -0.39 is 0 Å². The van der Waals surface area contributed by atoms with Crippen LogP contribution in [0.15, 0.2) is 48.8 Å². The lowest BCUT2D eigenvalue weighted by atomic mass is 9.79. The summed E-state index contributed by atoms with van der Waals surface area (Å²) in [4.78, 5) is 4.62. The fourth-order valence-corrected chi connectivity index (χ4v) is 2.76. The SMILES string of the molecule is CC1(C)OB(c2ccc(-c3ccn4nccc4n3)cc2)OC1(C)C. The fourth-order valence-electron chi connectivity index (χ4n) is 2.76. The summed E-state index contributed by atoms with van der Waals surface area (Å²) in [6.07, 6.45) is 3.66. The minimum absolute atomic E-state index is 0.328. The van der Waals surface area contributed by atoms with E-state index in [2.05, 4.69) is 49.9 Å². The standard InChI is InChI=1S/C18H20BN3O2/c1-17(2)18(3,4)24-19(23-17)14-7-5-13(6-8-14)15-10-12-22-16(21-15)9-11-20-22/h5-12H,1-4H3. The summed E-state index contributed by atoms with van der Waals surface area (Å²) in [5, 5.41) is 4.17. The van der Waals surface area contributed by atoms with Crippen molar-refractivity contribution in [1.82, 2.24) is 14.6 Å². The van der Waals surface area contributed by atoms with Gasteiger partial charge in [-0.2, -0.15) is 5.10 Å². The van der Waals surface area contributed by atoms with Crippen molar-refractivity contribution in [2.45, 2.75) is 38.9 Å². The van der Waals surface area contributed by atoms with Crippen LogP contribution >= 0.6 is 0 Å². The molecule has 3 aromatic rings. The van der Waals surface area contributed by atoms with E-state index in [1.165, 1.54) is 0 Å². The third-order valence-electron chi connectivity index (χ3n) is 4.99. The molecule has 6 heteroatoms. The third-order valence-corrected chi connectivity index (χ3v) is 4.99. The summed E-state index contributed by atoms with van der Waals surface area (Å²) in [6, 6.07) is 12.0. The normalized spacial score (nSPS) is 19.1. The van der Waals surface area contributed by atoms with Gasteiger partial charge in [0.2, 0.25) is 0 Å². The number of fused-ring (bicyclic) bond motifs is 1. The number of benzene rings is 1. The van der Waals surface area contributed by atoms with Crippen molar-refractivity contribution in [3.8, 4) is 11.3 Å². The van der Waals surface area contributed by atoms with Gasteiger partial charge in [-0.3, -0.25) is 0 Å². The minimum Gasteiger partial charge on any atom is -0.399 e. The second kappa shape index (κ2) is 5.16. The van der Waals surface area contributed by atoms with Crippen LogP contribution < -0.4 is 5.46 Å². The van der Waals surface area contributed by atoms with Crippen LogP contribution in [0.5, 0.6) is 0 Å². The Morgan fingerprint density at radius 2 is 1.58 bits per heavy atom. The first-order valence-corrected chi connectivity index (χ1v) is 8.12. The van der Waals surface area contributed by atoms with Gasteiger partial charge in [0.05, 0.1) is 23.1 Å². The maximum absolute atomic E-state index is 6.09. The predicted octanol–water partition coefficient (Wildman–Crippen LogP) is 2.70. The molecule has 3 heterocycles. The zero-order valence-corrected chi connectivity index (χ0v) is 14.4. The lowest BCUT2D eigenvalue weighted by Crippen LogP contribution is -2.41. The van der Waals surface area contributed by atoms with Crippen LogP contribution in [0.4, 0.5) is 0 Å². The van der Waals surface area contributed by atoms with Crippen LogP contribution in [-0.4, -0.2) is 32.9 Å². The Kier molecular flexibility index (Phi) is 3.30. The summed E-state index contributed by atoms with van der Waals surface area (Å²) < 4.78 is 13.9. The van der Waals surface area contributed by atoms with Gasteiger partial charge in [0, 0.05) is 17.8 Å². The average molecular weight is 321 g/mol. The molecule has 0 amide bonds. The highest BCUT2D eigenvalue weighted by molar-refractivity contribution is 6.62. The van der Waals surface area contributed by atoms with Crippen molar-refractivity contribution >= 4 is 18.2 Å². The van der Waals surface area contributed by atoms with Gasteiger partial charge in [0.1, 0.15) is 0 Å². The van der Waals surface area contributed by atoms with Gasteiger partial charge >= 0.3 is 7.12 Å². The molecule has 2 aromatic heterocycles. The predicted molar refractivity (Wildman–Crippen MR) is 94.1 cm³/mol. The molecule has 0 bridgehead atoms. The summed E-state index contributed by atoms with van der Waals surface area (Å²) in [7, 11) is -0.339. The van der Waals surface area contributed by atoms with Crippen LogP contribution in [-0.2, 0) is 9.31 Å². The number of hydrogen-bond donors (Lipinski definition) is 0. The molecule has 24 heavy (non-hydrogen) atoms. The average Bonchev–Trinajstić information content (AvgIpc) is 3.09. The second-order valence-corrected chi connectivity index (χ2v) is 7.16. The number of nitrogens with zero attached hydrogens (tertiary/aromatic N) is 3. The van der Waals surface area contributed by atoms with Gasteiger partial charge in [-0.05, 0) is 39.2 Å². The quantitative estimate of drug-likeness (QED) is 0.681. The van der Waals surface area contributed by atoms with E-state index in [4.69, 9.17) is 9.31 Å². The maximum atomic E-state index is 6.09. The van der Waals surface area contributed by atoms with Crippen LogP contribution in [0.2, 0.25) is 0 Å². The van der Waals surface area contributed by atoms with Crippen molar-refractivity contribution in [3.05, 3.63) is 48.8 Å². The van der Waals surface area contributed by atoms with Crippen LogP contribution in [0.25, 0.3) is 16.9 Å². The zero-order chi connectivity index (χ0) is 16.9. The first-order chi connectivity index (χ1) is 11.4. The Morgan fingerprint density at radius 1 is 0.917 bits per heavy atom. The molecule has 0 radical (unpaired) electrons. The molecule has 0 N–H and O–H groups in total.